The highest BCUT2D eigenvalue weighted by atomic mass is 31.2. The molecule has 0 bridgehead atoms. The molecule has 0 saturated heterocycles. The SMILES string of the molecule is CC/C=C\C/C=C\C/C=C\C/C=C\C/C=C\CCCCCCCCCCCCCCCCCCCCCCCCCCCC(=O)OCC(O)COP(=O)([O-])OCC[N+](C)(C)C. The van der Waals surface area contributed by atoms with Crippen LogP contribution >= 0.6 is 7.82 Å². The van der Waals surface area contributed by atoms with E-state index in [0.29, 0.717) is 17.4 Å². The van der Waals surface area contributed by atoms with Gasteiger partial charge < -0.3 is 28.3 Å². The number of nitrogens with zero attached hydrogens (tertiary/aromatic N) is 1. The number of quaternary nitrogens is 1. The number of carbonyl (C=O) groups excluding carboxylic acids is 1. The number of esters is 1. The standard InChI is InChI=1S/C52H96NO7P/c1-5-6-7-8-9-10-11-12-13-14-15-16-17-18-19-20-21-22-23-24-25-26-27-28-29-30-31-32-33-34-35-36-37-38-39-40-41-42-43-44-45-46-52(55)58-49-51(54)50-60-61(56,57)59-48-47-53(2,3)4/h6-7,9-10,12-13,15-16,18-19,51,54H,5,8,11,14,17,20-50H2,1-4H3/b7-6-,10-9-,13-12-,16-15-,19-18-. The molecule has 61 heavy (non-hydrogen) atoms. The van der Waals surface area contributed by atoms with Crippen molar-refractivity contribution >= 4 is 13.8 Å². The van der Waals surface area contributed by atoms with Crippen LogP contribution in [0.2, 0.25) is 0 Å². The van der Waals surface area contributed by atoms with Crippen molar-refractivity contribution in [3.63, 3.8) is 0 Å². The topological polar surface area (TPSA) is 105 Å². The van der Waals surface area contributed by atoms with E-state index >= 15 is 0 Å². The van der Waals surface area contributed by atoms with Gasteiger partial charge in [0, 0.05) is 6.42 Å². The summed E-state index contributed by atoms with van der Waals surface area (Å²) in [6, 6.07) is 0. The number of carbonyl (C=O) groups is 1. The van der Waals surface area contributed by atoms with E-state index in [-0.39, 0.29) is 19.2 Å². The van der Waals surface area contributed by atoms with Crippen molar-refractivity contribution in [2.75, 3.05) is 47.5 Å². The lowest BCUT2D eigenvalue weighted by atomic mass is 10.0. The molecular weight excluding hydrogens is 782 g/mol. The van der Waals surface area contributed by atoms with Crippen LogP contribution in [0.5, 0.6) is 0 Å². The summed E-state index contributed by atoms with van der Waals surface area (Å²) in [6.45, 7) is 1.85. The summed E-state index contributed by atoms with van der Waals surface area (Å²) in [5.74, 6) is -0.383. The number of hydrogen-bond donors (Lipinski definition) is 1. The Bertz CT molecular complexity index is 1160. The number of likely N-dealkylation sites (N-methyl/N-ethyl adjacent to an activating group) is 1. The van der Waals surface area contributed by atoms with Gasteiger partial charge in [-0.05, 0) is 51.4 Å². The summed E-state index contributed by atoms with van der Waals surface area (Å²) in [6.07, 6.45) is 61.5. The Morgan fingerprint density at radius 3 is 1.25 bits per heavy atom. The molecule has 2 unspecified atom stereocenters. The molecule has 0 aliphatic heterocycles. The van der Waals surface area contributed by atoms with Crippen LogP contribution in [0.25, 0.3) is 0 Å². The quantitative estimate of drug-likeness (QED) is 0.0213. The van der Waals surface area contributed by atoms with Gasteiger partial charge in [-0.3, -0.25) is 9.36 Å². The van der Waals surface area contributed by atoms with Crippen LogP contribution in [0, 0.1) is 0 Å². The summed E-state index contributed by atoms with van der Waals surface area (Å²) < 4.78 is 26.9. The molecule has 0 aromatic heterocycles. The van der Waals surface area contributed by atoms with E-state index in [1.165, 1.54) is 148 Å². The Balaban J connectivity index is 3.33. The van der Waals surface area contributed by atoms with Gasteiger partial charge in [0.2, 0.25) is 0 Å². The molecule has 8 nitrogen and oxygen atoms in total. The minimum absolute atomic E-state index is 0.00751. The molecule has 0 aliphatic rings. The fraction of sp³-hybridized carbons (Fsp3) is 0.788. The summed E-state index contributed by atoms with van der Waals surface area (Å²) >= 11 is 0. The van der Waals surface area contributed by atoms with Crippen LogP contribution < -0.4 is 4.89 Å². The summed E-state index contributed by atoms with van der Waals surface area (Å²) in [4.78, 5) is 23.8. The second-order valence-corrected chi connectivity index (χ2v) is 19.4. The number of aliphatic hydroxyl groups excluding tert-OH is 1. The Hall–Kier alpha value is -1.80. The Labute approximate surface area is 377 Å². The van der Waals surface area contributed by atoms with Gasteiger partial charge in [0.25, 0.3) is 7.82 Å². The number of allylic oxidation sites excluding steroid dienone is 10. The number of ether oxygens (including phenoxy) is 1. The molecule has 0 amide bonds. The van der Waals surface area contributed by atoms with Crippen LogP contribution in [0.15, 0.2) is 60.8 Å². The number of rotatable bonds is 46. The van der Waals surface area contributed by atoms with E-state index in [4.69, 9.17) is 13.8 Å². The zero-order valence-corrected chi connectivity index (χ0v) is 41.0. The van der Waals surface area contributed by atoms with Gasteiger partial charge in [-0.25, -0.2) is 0 Å². The maximum atomic E-state index is 12.0. The van der Waals surface area contributed by atoms with E-state index in [1.54, 1.807) is 0 Å². The molecule has 356 valence electrons. The Morgan fingerprint density at radius 1 is 0.525 bits per heavy atom. The zero-order chi connectivity index (χ0) is 44.8. The van der Waals surface area contributed by atoms with Crippen molar-refractivity contribution < 1.29 is 37.6 Å². The minimum Gasteiger partial charge on any atom is -0.756 e. The third-order valence-electron chi connectivity index (χ3n) is 10.8. The lowest BCUT2D eigenvalue weighted by Crippen LogP contribution is -2.37. The molecular formula is C52H96NO7P. The van der Waals surface area contributed by atoms with E-state index in [2.05, 4.69) is 67.7 Å². The third kappa shape index (κ3) is 50.7. The monoisotopic (exact) mass is 878 g/mol. The van der Waals surface area contributed by atoms with Crippen molar-refractivity contribution in [1.82, 2.24) is 0 Å². The molecule has 1 N–H and O–H groups in total. The summed E-state index contributed by atoms with van der Waals surface area (Å²) in [7, 11) is 1.26. The van der Waals surface area contributed by atoms with Crippen molar-refractivity contribution in [3.8, 4) is 0 Å². The molecule has 0 rings (SSSR count). The second kappa shape index (κ2) is 44.8. The molecule has 0 radical (unpaired) electrons. The van der Waals surface area contributed by atoms with Gasteiger partial charge in [0.15, 0.2) is 0 Å². The van der Waals surface area contributed by atoms with Crippen LogP contribution in [-0.4, -0.2) is 69.2 Å². The van der Waals surface area contributed by atoms with Gasteiger partial charge in [-0.2, -0.15) is 0 Å². The average molecular weight is 878 g/mol. The number of phosphoric ester groups is 1. The van der Waals surface area contributed by atoms with Crippen LogP contribution in [0.3, 0.4) is 0 Å². The van der Waals surface area contributed by atoms with Crippen molar-refractivity contribution in [1.29, 1.82) is 0 Å². The smallest absolute Gasteiger partial charge is 0.305 e. The fourth-order valence-electron chi connectivity index (χ4n) is 6.92. The first-order chi connectivity index (χ1) is 29.6. The molecule has 0 aliphatic carbocycles. The lowest BCUT2D eigenvalue weighted by molar-refractivity contribution is -0.870. The Morgan fingerprint density at radius 2 is 0.869 bits per heavy atom. The van der Waals surface area contributed by atoms with Gasteiger partial charge >= 0.3 is 5.97 Å². The molecule has 0 aromatic rings. The highest BCUT2D eigenvalue weighted by Crippen LogP contribution is 2.38. The first-order valence-corrected chi connectivity index (χ1v) is 26.5. The van der Waals surface area contributed by atoms with Crippen LogP contribution in [0.1, 0.15) is 212 Å². The zero-order valence-electron chi connectivity index (χ0n) is 40.1. The molecule has 0 heterocycles. The second-order valence-electron chi connectivity index (χ2n) is 18.0. The van der Waals surface area contributed by atoms with E-state index in [9.17, 15) is 19.4 Å². The van der Waals surface area contributed by atoms with Crippen molar-refractivity contribution in [2.24, 2.45) is 0 Å². The van der Waals surface area contributed by atoms with Crippen molar-refractivity contribution in [2.45, 2.75) is 218 Å². The van der Waals surface area contributed by atoms with Gasteiger partial charge in [-0.1, -0.05) is 215 Å². The highest BCUT2D eigenvalue weighted by Gasteiger charge is 2.17. The molecule has 0 fully saturated rings. The first-order valence-electron chi connectivity index (χ1n) is 25.0. The summed E-state index contributed by atoms with van der Waals surface area (Å²) in [5, 5.41) is 9.90. The number of unbranched alkanes of at least 4 members (excludes halogenated alkanes) is 25. The molecule has 2 atom stereocenters. The maximum Gasteiger partial charge on any atom is 0.305 e. The number of aliphatic hydroxyl groups is 1. The molecule has 0 aromatic carbocycles. The highest BCUT2D eigenvalue weighted by molar-refractivity contribution is 7.45. The molecule has 0 spiro atoms. The van der Waals surface area contributed by atoms with Crippen LogP contribution in [-0.2, 0) is 23.1 Å². The normalized spacial score (nSPS) is 14.1. The number of phosphoric acid groups is 1. The van der Waals surface area contributed by atoms with Crippen LogP contribution in [0.4, 0.5) is 0 Å². The predicted molar refractivity (Wildman–Crippen MR) is 258 cm³/mol. The third-order valence-corrected chi connectivity index (χ3v) is 11.7. The minimum atomic E-state index is -4.50. The lowest BCUT2D eigenvalue weighted by Gasteiger charge is -2.27. The average Bonchev–Trinajstić information content (AvgIpc) is 3.22. The Kier molecular flexibility index (Phi) is 43.5. The largest absolute Gasteiger partial charge is 0.756 e. The molecule has 9 heteroatoms. The van der Waals surface area contributed by atoms with E-state index < -0.39 is 20.5 Å². The first kappa shape index (κ1) is 59.2. The fourth-order valence-corrected chi connectivity index (χ4v) is 7.65. The predicted octanol–water partition coefficient (Wildman–Crippen LogP) is 14.4. The van der Waals surface area contributed by atoms with Gasteiger partial charge in [-0.15, -0.1) is 0 Å². The number of hydrogen-bond acceptors (Lipinski definition) is 7. The molecule has 0 saturated carbocycles. The maximum absolute atomic E-state index is 12.0. The van der Waals surface area contributed by atoms with Crippen molar-refractivity contribution in [3.05, 3.63) is 60.8 Å². The van der Waals surface area contributed by atoms with Gasteiger partial charge in [0.1, 0.15) is 25.9 Å². The summed E-state index contributed by atoms with van der Waals surface area (Å²) in [5.41, 5.74) is 0. The van der Waals surface area contributed by atoms with E-state index in [0.717, 1.165) is 51.4 Å². The van der Waals surface area contributed by atoms with Gasteiger partial charge in [0.05, 0.1) is 27.7 Å². The van der Waals surface area contributed by atoms with E-state index in [1.807, 2.05) is 21.1 Å².